The SMILES string of the molecule is CCC(N)C(CO)N1CCCN(C)CC1. The summed E-state index contributed by atoms with van der Waals surface area (Å²) >= 11 is 0. The van der Waals surface area contributed by atoms with Crippen molar-refractivity contribution in [3.05, 3.63) is 0 Å². The maximum Gasteiger partial charge on any atom is 0.0601 e. The first kappa shape index (κ1) is 12.9. The van der Waals surface area contributed by atoms with Crippen LogP contribution in [0, 0.1) is 0 Å². The zero-order valence-electron chi connectivity index (χ0n) is 10.0. The van der Waals surface area contributed by atoms with Gasteiger partial charge >= 0.3 is 0 Å². The molecule has 0 aromatic rings. The van der Waals surface area contributed by atoms with Gasteiger partial charge in [-0.25, -0.2) is 0 Å². The Hall–Kier alpha value is -0.160. The smallest absolute Gasteiger partial charge is 0.0601 e. The molecule has 1 heterocycles. The molecule has 1 aliphatic heterocycles. The first-order valence-corrected chi connectivity index (χ1v) is 5.98. The molecule has 0 aromatic heterocycles. The lowest BCUT2D eigenvalue weighted by molar-refractivity contribution is 0.106. The lowest BCUT2D eigenvalue weighted by Crippen LogP contribution is -2.50. The molecule has 2 unspecified atom stereocenters. The highest BCUT2D eigenvalue weighted by Gasteiger charge is 2.24. The zero-order valence-corrected chi connectivity index (χ0v) is 10.0. The molecule has 3 N–H and O–H groups in total. The molecule has 1 fully saturated rings. The van der Waals surface area contributed by atoms with E-state index in [2.05, 4.69) is 23.8 Å². The highest BCUT2D eigenvalue weighted by atomic mass is 16.3. The van der Waals surface area contributed by atoms with Gasteiger partial charge in [-0.1, -0.05) is 6.92 Å². The van der Waals surface area contributed by atoms with Gasteiger partial charge in [-0.3, -0.25) is 4.90 Å². The average molecular weight is 215 g/mol. The molecule has 4 nitrogen and oxygen atoms in total. The van der Waals surface area contributed by atoms with Gasteiger partial charge in [-0.15, -0.1) is 0 Å². The quantitative estimate of drug-likeness (QED) is 0.677. The minimum absolute atomic E-state index is 0.0957. The van der Waals surface area contributed by atoms with Crippen molar-refractivity contribution in [1.29, 1.82) is 0 Å². The summed E-state index contributed by atoms with van der Waals surface area (Å²) in [7, 11) is 2.15. The van der Waals surface area contributed by atoms with Crippen LogP contribution in [0.5, 0.6) is 0 Å². The van der Waals surface area contributed by atoms with E-state index < -0.39 is 0 Å². The van der Waals surface area contributed by atoms with Crippen molar-refractivity contribution >= 4 is 0 Å². The Morgan fingerprint density at radius 2 is 2.00 bits per heavy atom. The van der Waals surface area contributed by atoms with Gasteiger partial charge < -0.3 is 15.7 Å². The molecule has 1 rings (SSSR count). The van der Waals surface area contributed by atoms with E-state index >= 15 is 0 Å². The first-order chi connectivity index (χ1) is 7.19. The van der Waals surface area contributed by atoms with Gasteiger partial charge in [0.1, 0.15) is 0 Å². The minimum atomic E-state index is 0.0957. The van der Waals surface area contributed by atoms with Crippen molar-refractivity contribution in [3.63, 3.8) is 0 Å². The molecule has 1 aliphatic rings. The van der Waals surface area contributed by atoms with E-state index in [4.69, 9.17) is 5.73 Å². The molecular formula is C11H25N3O. The van der Waals surface area contributed by atoms with Crippen LogP contribution >= 0.6 is 0 Å². The number of hydrogen-bond acceptors (Lipinski definition) is 4. The molecule has 0 aliphatic carbocycles. The monoisotopic (exact) mass is 215 g/mol. The van der Waals surface area contributed by atoms with Crippen molar-refractivity contribution < 1.29 is 5.11 Å². The molecule has 2 atom stereocenters. The Bertz CT molecular complexity index is 177. The fraction of sp³-hybridized carbons (Fsp3) is 1.00. The van der Waals surface area contributed by atoms with Crippen LogP contribution < -0.4 is 5.73 Å². The van der Waals surface area contributed by atoms with E-state index in [0.717, 1.165) is 32.6 Å². The third-order valence-corrected chi connectivity index (χ3v) is 3.38. The van der Waals surface area contributed by atoms with Crippen LogP contribution in [0.25, 0.3) is 0 Å². The van der Waals surface area contributed by atoms with Gasteiger partial charge in [0.05, 0.1) is 6.61 Å². The summed E-state index contributed by atoms with van der Waals surface area (Å²) in [6.07, 6.45) is 2.10. The van der Waals surface area contributed by atoms with E-state index in [1.807, 2.05) is 0 Å². The number of hydrogen-bond donors (Lipinski definition) is 2. The molecule has 90 valence electrons. The summed E-state index contributed by atoms with van der Waals surface area (Å²) in [6, 6.07) is 0.236. The lowest BCUT2D eigenvalue weighted by Gasteiger charge is -2.33. The summed E-state index contributed by atoms with van der Waals surface area (Å²) < 4.78 is 0. The predicted molar refractivity (Wildman–Crippen MR) is 62.8 cm³/mol. The standard InChI is InChI=1S/C11H25N3O/c1-3-10(12)11(9-15)14-6-4-5-13(2)7-8-14/h10-11,15H,3-9,12H2,1-2H3. The number of aliphatic hydroxyl groups excluding tert-OH is 1. The fourth-order valence-electron chi connectivity index (χ4n) is 2.19. The van der Waals surface area contributed by atoms with Crippen LogP contribution in [0.3, 0.4) is 0 Å². The summed E-state index contributed by atoms with van der Waals surface area (Å²) in [5.41, 5.74) is 6.03. The second-order valence-electron chi connectivity index (χ2n) is 4.51. The number of nitrogens with two attached hydrogens (primary N) is 1. The van der Waals surface area contributed by atoms with E-state index in [1.165, 1.54) is 6.42 Å². The first-order valence-electron chi connectivity index (χ1n) is 5.98. The average Bonchev–Trinajstić information content (AvgIpc) is 2.45. The molecule has 4 heteroatoms. The Labute approximate surface area is 93.0 Å². The highest BCUT2D eigenvalue weighted by molar-refractivity contribution is 4.82. The number of rotatable bonds is 4. The van der Waals surface area contributed by atoms with Crippen molar-refractivity contribution in [2.24, 2.45) is 5.73 Å². The minimum Gasteiger partial charge on any atom is -0.395 e. The normalized spacial score (nSPS) is 24.8. The third kappa shape index (κ3) is 3.72. The van der Waals surface area contributed by atoms with Crippen LogP contribution in [0.1, 0.15) is 19.8 Å². The van der Waals surface area contributed by atoms with Crippen molar-refractivity contribution in [3.8, 4) is 0 Å². The maximum absolute atomic E-state index is 9.40. The zero-order chi connectivity index (χ0) is 11.3. The maximum atomic E-state index is 9.40. The van der Waals surface area contributed by atoms with Gasteiger partial charge in [0, 0.05) is 25.2 Å². The van der Waals surface area contributed by atoms with E-state index in [9.17, 15) is 5.11 Å². The van der Waals surface area contributed by atoms with Gasteiger partial charge in [-0.05, 0) is 33.0 Å². The molecule has 1 saturated heterocycles. The molecular weight excluding hydrogens is 190 g/mol. The van der Waals surface area contributed by atoms with Crippen molar-refractivity contribution in [2.45, 2.75) is 31.8 Å². The topological polar surface area (TPSA) is 52.7 Å². The largest absolute Gasteiger partial charge is 0.395 e. The molecule has 0 bridgehead atoms. The number of nitrogens with zero attached hydrogens (tertiary/aromatic N) is 2. The van der Waals surface area contributed by atoms with Crippen LogP contribution in [0.4, 0.5) is 0 Å². The Morgan fingerprint density at radius 1 is 1.27 bits per heavy atom. The number of aliphatic hydroxyl groups is 1. The Kier molecular flexibility index (Phi) is 5.53. The molecule has 15 heavy (non-hydrogen) atoms. The highest BCUT2D eigenvalue weighted by Crippen LogP contribution is 2.09. The second kappa shape index (κ2) is 6.43. The summed E-state index contributed by atoms with van der Waals surface area (Å²) in [4.78, 5) is 4.68. The lowest BCUT2D eigenvalue weighted by atomic mass is 10.1. The van der Waals surface area contributed by atoms with Gasteiger partial charge in [0.15, 0.2) is 0 Å². The van der Waals surface area contributed by atoms with Crippen LogP contribution in [0.15, 0.2) is 0 Å². The molecule has 0 saturated carbocycles. The van der Waals surface area contributed by atoms with E-state index in [-0.39, 0.29) is 18.7 Å². The predicted octanol–water partition coefficient (Wildman–Crippen LogP) is -0.278. The molecule has 0 spiro atoms. The van der Waals surface area contributed by atoms with Gasteiger partial charge in [0.25, 0.3) is 0 Å². The summed E-state index contributed by atoms with van der Waals surface area (Å²) in [5.74, 6) is 0. The number of likely N-dealkylation sites (N-methyl/N-ethyl adjacent to an activating group) is 1. The summed E-state index contributed by atoms with van der Waals surface area (Å²) in [5, 5.41) is 9.40. The fourth-order valence-corrected chi connectivity index (χ4v) is 2.19. The van der Waals surface area contributed by atoms with Crippen molar-refractivity contribution in [2.75, 3.05) is 39.8 Å². The van der Waals surface area contributed by atoms with E-state index in [0.29, 0.717) is 0 Å². The van der Waals surface area contributed by atoms with Crippen molar-refractivity contribution in [1.82, 2.24) is 9.80 Å². The Morgan fingerprint density at radius 3 is 2.60 bits per heavy atom. The van der Waals surface area contributed by atoms with Gasteiger partial charge in [0.2, 0.25) is 0 Å². The second-order valence-corrected chi connectivity index (χ2v) is 4.51. The van der Waals surface area contributed by atoms with E-state index in [1.54, 1.807) is 0 Å². The Balaban J connectivity index is 2.51. The van der Waals surface area contributed by atoms with Crippen LogP contribution in [-0.4, -0.2) is 66.8 Å². The molecule has 0 aromatic carbocycles. The summed E-state index contributed by atoms with van der Waals surface area (Å²) in [6.45, 7) is 6.57. The third-order valence-electron chi connectivity index (χ3n) is 3.38. The van der Waals surface area contributed by atoms with Gasteiger partial charge in [-0.2, -0.15) is 0 Å². The van der Waals surface area contributed by atoms with Crippen LogP contribution in [0.2, 0.25) is 0 Å². The molecule has 0 radical (unpaired) electrons. The van der Waals surface area contributed by atoms with Crippen LogP contribution in [-0.2, 0) is 0 Å². The molecule has 0 amide bonds.